The van der Waals surface area contributed by atoms with Crippen molar-refractivity contribution < 1.29 is 40.5 Å². The molecule has 4 nitrogen and oxygen atoms in total. The summed E-state index contributed by atoms with van der Waals surface area (Å²) in [6.07, 6.45) is -1.14. The van der Waals surface area contributed by atoms with Crippen LogP contribution in [-0.2, 0) is 30.6 Å². The van der Waals surface area contributed by atoms with Crippen LogP contribution in [0.1, 0.15) is 22.0 Å². The Morgan fingerprint density at radius 1 is 1.36 bits per heavy atom. The Bertz CT molecular complexity index is 388. The van der Waals surface area contributed by atoms with E-state index >= 15 is 0 Å². The first-order valence-corrected chi connectivity index (χ1v) is 3.73. The monoisotopic (exact) mass is 276 g/mol. The fourth-order valence-electron chi connectivity index (χ4n) is 1.33. The Morgan fingerprint density at radius 2 is 2.00 bits per heavy atom. The van der Waals surface area contributed by atoms with Gasteiger partial charge in [0, 0.05) is 26.6 Å². The number of hydrogen-bond donors (Lipinski definition) is 1. The number of esters is 1. The van der Waals surface area contributed by atoms with Crippen LogP contribution in [0.15, 0.2) is 24.3 Å². The zero-order chi connectivity index (χ0) is 9.42. The predicted octanol–water partition coefficient (Wildman–Crippen LogP) is 0.980. The quantitative estimate of drug-likeness (QED) is 0.612. The largest absolute Gasteiger partial charge is 0.478 e. The van der Waals surface area contributed by atoms with E-state index in [4.69, 9.17) is 5.11 Å². The van der Waals surface area contributed by atoms with Gasteiger partial charge in [-0.2, -0.15) is 0 Å². The summed E-state index contributed by atoms with van der Waals surface area (Å²) in [7, 11) is 0. The van der Waals surface area contributed by atoms with Crippen molar-refractivity contribution in [3.8, 4) is 0 Å². The summed E-state index contributed by atoms with van der Waals surface area (Å²) >= 11 is 0. The molecule has 1 aromatic carbocycles. The zero-order valence-corrected chi connectivity index (χ0v) is 8.97. The second kappa shape index (κ2) is 3.92. The van der Waals surface area contributed by atoms with Gasteiger partial charge in [0.1, 0.15) is 0 Å². The van der Waals surface area contributed by atoms with E-state index in [2.05, 4.69) is 4.74 Å². The number of carboxylic acids is 1. The summed E-state index contributed by atoms with van der Waals surface area (Å²) in [6.45, 7) is 0. The first-order valence-electron chi connectivity index (χ1n) is 3.73. The van der Waals surface area contributed by atoms with Crippen LogP contribution >= 0.6 is 0 Å². The van der Waals surface area contributed by atoms with Crippen molar-refractivity contribution in [2.24, 2.45) is 0 Å². The molecular weight excluding hydrogens is 268 g/mol. The van der Waals surface area contributed by atoms with Gasteiger partial charge in [-0.15, -0.1) is 0 Å². The minimum atomic E-state index is -1.14. The standard InChI is InChI=1S/C9H6O4.Mo/c10-8(11)7-5-3-1-2-4-6(5)9(12)13-7;/h1-4,7H,(H,10,11);. The number of ether oxygens (including phenoxy) is 1. The summed E-state index contributed by atoms with van der Waals surface area (Å²) in [5.41, 5.74) is 0.773. The van der Waals surface area contributed by atoms with Crippen molar-refractivity contribution in [1.82, 2.24) is 0 Å². The van der Waals surface area contributed by atoms with Gasteiger partial charge in [-0.25, -0.2) is 9.59 Å². The molecule has 0 radical (unpaired) electrons. The molecule has 0 aromatic heterocycles. The average molecular weight is 274 g/mol. The normalized spacial score (nSPS) is 18.0. The van der Waals surface area contributed by atoms with Crippen molar-refractivity contribution in [3.05, 3.63) is 35.4 Å². The molecule has 0 amide bonds. The Balaban J connectivity index is 0.000000980. The van der Waals surface area contributed by atoms with E-state index in [-0.39, 0.29) is 21.1 Å². The molecule has 1 aliphatic rings. The maximum atomic E-state index is 11.1. The maximum Gasteiger partial charge on any atom is 0.349 e. The van der Waals surface area contributed by atoms with Crippen LogP contribution in [-0.4, -0.2) is 17.0 Å². The molecular formula is C9H6MoO4. The number of fused-ring (bicyclic) bond motifs is 1. The molecule has 0 saturated heterocycles. The van der Waals surface area contributed by atoms with Crippen LogP contribution in [0.2, 0.25) is 0 Å². The van der Waals surface area contributed by atoms with E-state index in [1.54, 1.807) is 24.3 Å². The first-order chi connectivity index (χ1) is 6.20. The average Bonchev–Trinajstić information content (AvgIpc) is 2.45. The van der Waals surface area contributed by atoms with Gasteiger partial charge in [-0.05, 0) is 6.07 Å². The number of carbonyl (C=O) groups is 2. The van der Waals surface area contributed by atoms with E-state index in [0.29, 0.717) is 11.1 Å². The fraction of sp³-hybridized carbons (Fsp3) is 0.111. The molecule has 72 valence electrons. The van der Waals surface area contributed by atoms with E-state index in [1.807, 2.05) is 0 Å². The van der Waals surface area contributed by atoms with Crippen molar-refractivity contribution in [3.63, 3.8) is 0 Å². The molecule has 1 atom stereocenters. The van der Waals surface area contributed by atoms with E-state index in [1.165, 1.54) is 0 Å². The van der Waals surface area contributed by atoms with Gasteiger partial charge in [0.05, 0.1) is 5.56 Å². The van der Waals surface area contributed by atoms with Gasteiger partial charge in [0.15, 0.2) is 0 Å². The third kappa shape index (κ3) is 1.57. The maximum absolute atomic E-state index is 11.1. The summed E-state index contributed by atoms with van der Waals surface area (Å²) in [5, 5.41) is 8.70. The minimum absolute atomic E-state index is 0. The molecule has 1 heterocycles. The van der Waals surface area contributed by atoms with Crippen LogP contribution in [0.4, 0.5) is 0 Å². The minimum Gasteiger partial charge on any atom is -0.478 e. The zero-order valence-electron chi connectivity index (χ0n) is 6.97. The van der Waals surface area contributed by atoms with Crippen LogP contribution in [0.25, 0.3) is 0 Å². The van der Waals surface area contributed by atoms with Crippen molar-refractivity contribution >= 4 is 11.9 Å². The number of cyclic esters (lactones) is 1. The Hall–Kier alpha value is -1.15. The summed E-state index contributed by atoms with van der Waals surface area (Å²) < 4.78 is 4.65. The third-order valence-corrected chi connectivity index (χ3v) is 1.91. The number of rotatable bonds is 1. The second-order valence-electron chi connectivity index (χ2n) is 2.71. The van der Waals surface area contributed by atoms with Crippen LogP contribution in [0.5, 0.6) is 0 Å². The second-order valence-corrected chi connectivity index (χ2v) is 2.71. The molecule has 0 spiro atoms. The summed E-state index contributed by atoms with van der Waals surface area (Å²) in [4.78, 5) is 21.7. The van der Waals surface area contributed by atoms with Gasteiger partial charge in [0.25, 0.3) is 0 Å². The molecule has 1 unspecified atom stereocenters. The van der Waals surface area contributed by atoms with Crippen molar-refractivity contribution in [2.45, 2.75) is 6.10 Å². The third-order valence-electron chi connectivity index (χ3n) is 1.91. The van der Waals surface area contributed by atoms with Crippen LogP contribution < -0.4 is 0 Å². The van der Waals surface area contributed by atoms with Gasteiger partial charge >= 0.3 is 11.9 Å². The molecule has 0 saturated carbocycles. The molecule has 0 bridgehead atoms. The molecule has 1 N–H and O–H groups in total. The van der Waals surface area contributed by atoms with E-state index in [0.717, 1.165) is 0 Å². The van der Waals surface area contributed by atoms with Crippen LogP contribution in [0, 0.1) is 0 Å². The SMILES string of the molecule is O=C1OC(C(=O)O)c2ccccc21.[Mo]. The van der Waals surface area contributed by atoms with Gasteiger partial charge < -0.3 is 9.84 Å². The predicted molar refractivity (Wildman–Crippen MR) is 42.2 cm³/mol. The number of benzene rings is 1. The Labute approximate surface area is 94.1 Å². The van der Waals surface area contributed by atoms with Gasteiger partial charge in [-0.1, -0.05) is 18.2 Å². The number of carboxylic acid groups (broad SMARTS) is 1. The van der Waals surface area contributed by atoms with Crippen LogP contribution in [0.3, 0.4) is 0 Å². The summed E-state index contributed by atoms with van der Waals surface area (Å²) in [5.74, 6) is -1.71. The molecule has 1 aromatic rings. The Kier molecular flexibility index (Phi) is 3.06. The molecule has 14 heavy (non-hydrogen) atoms. The molecule has 2 rings (SSSR count). The Morgan fingerprint density at radius 3 is 2.64 bits per heavy atom. The molecule has 1 aliphatic heterocycles. The number of carbonyl (C=O) groups excluding carboxylic acids is 1. The smallest absolute Gasteiger partial charge is 0.349 e. The molecule has 0 aliphatic carbocycles. The summed E-state index contributed by atoms with van der Waals surface area (Å²) in [6, 6.07) is 6.49. The van der Waals surface area contributed by atoms with Crippen molar-refractivity contribution in [1.29, 1.82) is 0 Å². The number of aliphatic carboxylic acids is 1. The van der Waals surface area contributed by atoms with E-state index in [9.17, 15) is 9.59 Å². The van der Waals surface area contributed by atoms with Gasteiger partial charge in [0.2, 0.25) is 6.10 Å². The van der Waals surface area contributed by atoms with Crippen molar-refractivity contribution in [2.75, 3.05) is 0 Å². The molecule has 0 fully saturated rings. The topological polar surface area (TPSA) is 63.6 Å². The van der Waals surface area contributed by atoms with Gasteiger partial charge in [-0.3, -0.25) is 0 Å². The molecule has 5 heteroatoms. The number of hydrogen-bond acceptors (Lipinski definition) is 3. The first kappa shape index (κ1) is 10.9. The van der Waals surface area contributed by atoms with E-state index < -0.39 is 18.0 Å². The fourth-order valence-corrected chi connectivity index (χ4v) is 1.33.